The first kappa shape index (κ1) is 62.7. The van der Waals surface area contributed by atoms with Crippen LogP contribution in [0.3, 0.4) is 0 Å². The van der Waals surface area contributed by atoms with E-state index < -0.39 is 66.0 Å². The summed E-state index contributed by atoms with van der Waals surface area (Å²) < 4.78 is 149. The average molecular weight is 1320 g/mol. The third kappa shape index (κ3) is 14.6. The molecule has 9 aromatic rings. The van der Waals surface area contributed by atoms with Gasteiger partial charge in [0.2, 0.25) is 35.0 Å². The highest BCUT2D eigenvalue weighted by molar-refractivity contribution is 7.87. The number of aryl methyl sites for hydroxylation is 2. The van der Waals surface area contributed by atoms with Gasteiger partial charge in [0.25, 0.3) is 40.5 Å². The summed E-state index contributed by atoms with van der Waals surface area (Å²) >= 11 is 0. The van der Waals surface area contributed by atoms with Gasteiger partial charge in [0.1, 0.15) is 19.6 Å². The number of aromatic carboxylic acids is 1. The monoisotopic (exact) mass is 1320 g/mol. The van der Waals surface area contributed by atoms with Crippen molar-refractivity contribution in [2.45, 2.75) is 33.4 Å². The lowest BCUT2D eigenvalue weighted by Crippen LogP contribution is -2.38. The van der Waals surface area contributed by atoms with Gasteiger partial charge in [-0.05, 0) is 116 Å². The molecule has 91 heavy (non-hydrogen) atoms. The van der Waals surface area contributed by atoms with Crippen LogP contribution in [0.25, 0.3) is 21.5 Å². The summed E-state index contributed by atoms with van der Waals surface area (Å²) in [5.41, 5.74) is 2.21. The number of fused-ring (bicyclic) bond motifs is 2. The average Bonchev–Trinajstić information content (AvgIpc) is 0.786. The lowest BCUT2D eigenvalue weighted by molar-refractivity contribution is 0.0697. The highest BCUT2D eigenvalue weighted by Gasteiger charge is 2.25. The second-order valence-corrected chi connectivity index (χ2v) is 25.8. The number of carbonyl (C=O) groups is 1. The van der Waals surface area contributed by atoms with Crippen molar-refractivity contribution >= 4 is 137 Å². The number of ether oxygens (including phenoxy) is 2. The fourth-order valence-corrected chi connectivity index (χ4v) is 12.6. The smallest absolute Gasteiger partial charge is 0.337 e. The van der Waals surface area contributed by atoms with Gasteiger partial charge in [-0.3, -0.25) is 28.2 Å². The van der Waals surface area contributed by atoms with Crippen molar-refractivity contribution in [3.05, 3.63) is 143 Å². The molecule has 0 spiro atoms. The molecule has 36 heteroatoms. The third-order valence-corrected chi connectivity index (χ3v) is 17.6. The number of aromatic nitrogens is 6. The molecule has 7 aromatic carbocycles. The fraction of sp³-hybridized carbons (Fsp3) is 0.182. The van der Waals surface area contributed by atoms with E-state index >= 15 is 0 Å². The molecule has 2 aliphatic heterocycles. The Kier molecular flexibility index (Phi) is 17.4. The van der Waals surface area contributed by atoms with E-state index in [0.29, 0.717) is 98.4 Å². The van der Waals surface area contributed by atoms with Crippen molar-refractivity contribution in [3.8, 4) is 0 Å². The van der Waals surface area contributed by atoms with Gasteiger partial charge in [-0.25, -0.2) is 14.8 Å². The molecule has 4 heterocycles. The van der Waals surface area contributed by atoms with Gasteiger partial charge in [-0.1, -0.05) is 24.3 Å². The van der Waals surface area contributed by atoms with Crippen molar-refractivity contribution in [1.82, 2.24) is 29.9 Å². The molecule has 32 nitrogen and oxygen atoms in total. The van der Waals surface area contributed by atoms with Crippen LogP contribution < -0.4 is 31.7 Å². The lowest BCUT2D eigenvalue weighted by atomic mass is 10.1. The van der Waals surface area contributed by atoms with Crippen LogP contribution in [0.5, 0.6) is 0 Å². The van der Waals surface area contributed by atoms with Gasteiger partial charge >= 0.3 is 5.97 Å². The molecule has 0 amide bonds. The molecule has 0 saturated carbocycles. The highest BCUT2D eigenvalue weighted by Crippen LogP contribution is 2.37. The number of nitrogens with one attached hydrogen (secondary N) is 4. The molecule has 0 unspecified atom stereocenters. The maximum absolute atomic E-state index is 13.0. The van der Waals surface area contributed by atoms with E-state index in [4.69, 9.17) is 14.5 Å². The van der Waals surface area contributed by atoms with E-state index in [-0.39, 0.29) is 73.0 Å². The number of benzene rings is 7. The second-order valence-electron chi connectivity index (χ2n) is 20.2. The first-order valence-electron chi connectivity index (χ1n) is 26.9. The van der Waals surface area contributed by atoms with Crippen LogP contribution in [0, 0.1) is 13.8 Å². The van der Waals surface area contributed by atoms with Gasteiger partial charge in [0, 0.05) is 59.1 Å². The van der Waals surface area contributed by atoms with Crippen molar-refractivity contribution < 1.29 is 71.3 Å². The number of morpholine rings is 2. The Balaban J connectivity index is 0.876. The zero-order chi connectivity index (χ0) is 64.6. The first-order valence-corrected chi connectivity index (χ1v) is 32.7. The summed E-state index contributed by atoms with van der Waals surface area (Å²) in [5, 5.41) is 32.9. The number of H-pyrrole nitrogens is 2. The quantitative estimate of drug-likeness (QED) is 0.0308. The summed E-state index contributed by atoms with van der Waals surface area (Å²) in [7, 11) is -19.5. The van der Waals surface area contributed by atoms with Gasteiger partial charge in [-0.15, -0.1) is 0 Å². The van der Waals surface area contributed by atoms with Gasteiger partial charge < -0.3 is 35.0 Å². The molecule has 0 radical (unpaired) electrons. The minimum absolute atomic E-state index is 0.0112. The normalized spacial score (nSPS) is 14.9. The molecule has 0 aliphatic carbocycles. The van der Waals surface area contributed by atoms with E-state index in [1.54, 1.807) is 50.2 Å². The Bertz CT molecular complexity index is 5140. The molecule has 2 aromatic heterocycles. The highest BCUT2D eigenvalue weighted by atomic mass is 32.2. The second kappa shape index (κ2) is 25.2. The lowest BCUT2D eigenvalue weighted by Gasteiger charge is -2.27. The summed E-state index contributed by atoms with van der Waals surface area (Å²) in [5.74, 6) is -0.531. The SMILES string of the molecule is Cc1cc(Nc2nc(N3CCOCC3)[nH]c(=Nc3ccc(N=c4nc(Nc5ccc(N=Nc6cc(S(=O)(=O)O)c7cccc(S(=O)(=O)O)c7c6)c(C)c5)nc(N5CCOCC5)[nH]4)c(C(=O)O)c3)n2)ccc1N=Nc1cc(S(=O)(=O)O)c2cccc(S(=O)(=O)O)c2c1. The maximum atomic E-state index is 13.0. The molecule has 11 rings (SSSR count). The zero-order valence-corrected chi connectivity index (χ0v) is 50.6. The Morgan fingerprint density at radius 2 is 0.890 bits per heavy atom. The molecular formula is C55H50N16O16S4. The van der Waals surface area contributed by atoms with E-state index in [1.807, 2.05) is 9.80 Å². The molecule has 2 fully saturated rings. The maximum Gasteiger partial charge on any atom is 0.337 e. The number of carboxylic acid groups (broad SMARTS) is 1. The standard InChI is InChI=1S/C55H50N16O16S4/c1-30-23-32(9-12-42(30)68-66-35-26-39-37(47(28-35)90(80,81)82)5-3-7-45(39)88(74,75)76)56-50-60-52(64-54(62-50)70-15-19-86-20-16-70)58-34-11-14-44(41(25-34)49(72)73)59-53-61-51(63-55(65-53)71-17-21-87-22-18-71)57-33-10-13-43(31(2)24-33)69-67-36-27-40-38(48(29-36)91(83,84)85)6-4-8-46(40)89(77,78)79/h3-14,23-29H,15-22H2,1-2H3,(H,72,73)(H,74,75,76)(H,77,78,79)(H,80,81,82)(H,83,84,85)(H2,56,58,60,62,64)(H2,57,59,61,63,65). The first-order chi connectivity index (χ1) is 43.2. The minimum Gasteiger partial charge on any atom is -0.478 e. The molecule has 2 saturated heterocycles. The molecule has 470 valence electrons. The number of azo groups is 2. The number of anilines is 6. The van der Waals surface area contributed by atoms with Crippen LogP contribution in [0.15, 0.2) is 165 Å². The number of rotatable bonds is 17. The van der Waals surface area contributed by atoms with Crippen LogP contribution in [0.2, 0.25) is 0 Å². The largest absolute Gasteiger partial charge is 0.478 e. The minimum atomic E-state index is -4.90. The van der Waals surface area contributed by atoms with Crippen LogP contribution in [-0.2, 0) is 49.9 Å². The van der Waals surface area contributed by atoms with E-state index in [9.17, 15) is 61.8 Å². The molecule has 0 atom stereocenters. The molecular weight excluding hydrogens is 1270 g/mol. The number of hydrogen-bond acceptors (Lipinski definition) is 25. The Labute approximate surface area is 515 Å². The molecule has 9 N–H and O–H groups in total. The van der Waals surface area contributed by atoms with Gasteiger partial charge in [0.15, 0.2) is 0 Å². The summed E-state index contributed by atoms with van der Waals surface area (Å²) in [6.07, 6.45) is 0. The predicted octanol–water partition coefficient (Wildman–Crippen LogP) is 7.99. The Morgan fingerprint density at radius 3 is 1.30 bits per heavy atom. The summed E-state index contributed by atoms with van der Waals surface area (Å²) in [6.45, 7) is 6.80. The van der Waals surface area contributed by atoms with Gasteiger partial charge in [0.05, 0.1) is 66.1 Å². The molecule has 0 bridgehead atoms. The number of carboxylic acids is 1. The van der Waals surface area contributed by atoms with Crippen molar-refractivity contribution in [2.24, 2.45) is 30.4 Å². The van der Waals surface area contributed by atoms with Crippen LogP contribution in [-0.4, -0.2) is 145 Å². The number of nitrogens with zero attached hydrogens (tertiary/aromatic N) is 12. The zero-order valence-electron chi connectivity index (χ0n) is 47.4. The van der Waals surface area contributed by atoms with E-state index in [0.717, 1.165) is 24.3 Å². The number of aromatic amines is 2. The van der Waals surface area contributed by atoms with Crippen LogP contribution in [0.4, 0.5) is 69.3 Å². The van der Waals surface area contributed by atoms with Crippen LogP contribution >= 0.6 is 0 Å². The summed E-state index contributed by atoms with van der Waals surface area (Å²) in [6, 6.07) is 25.6. The Hall–Kier alpha value is -9.89. The Morgan fingerprint density at radius 1 is 0.473 bits per heavy atom. The van der Waals surface area contributed by atoms with Crippen LogP contribution in [0.1, 0.15) is 21.5 Å². The summed E-state index contributed by atoms with van der Waals surface area (Å²) in [4.78, 5) is 48.4. The molecule has 2 aliphatic rings. The van der Waals surface area contributed by atoms with Crippen molar-refractivity contribution in [3.63, 3.8) is 0 Å². The fourth-order valence-electron chi connectivity index (χ4n) is 9.71. The third-order valence-electron chi connectivity index (χ3n) is 14.0. The number of hydrogen-bond donors (Lipinski definition) is 9. The van der Waals surface area contributed by atoms with E-state index in [2.05, 4.69) is 66.0 Å². The van der Waals surface area contributed by atoms with Gasteiger partial charge in [-0.2, -0.15) is 74.1 Å². The van der Waals surface area contributed by atoms with Crippen molar-refractivity contribution in [2.75, 3.05) is 73.0 Å². The predicted molar refractivity (Wildman–Crippen MR) is 327 cm³/mol. The topological polar surface area (TPSA) is 461 Å². The van der Waals surface area contributed by atoms with Crippen molar-refractivity contribution in [1.29, 1.82) is 0 Å². The van der Waals surface area contributed by atoms with E-state index in [1.165, 1.54) is 54.6 Å².